The molecular formula is C58H44N2. The van der Waals surface area contributed by atoms with Crippen LogP contribution in [0.15, 0.2) is 194 Å². The number of unbranched alkanes of at least 4 members (excludes halogenated alkanes) is 1. The van der Waals surface area contributed by atoms with E-state index in [2.05, 4.69) is 217 Å². The number of rotatable bonds is 7. The van der Waals surface area contributed by atoms with E-state index in [4.69, 9.17) is 0 Å². The fourth-order valence-corrected chi connectivity index (χ4v) is 10.5. The van der Waals surface area contributed by atoms with Gasteiger partial charge in [-0.15, -0.1) is 0 Å². The van der Waals surface area contributed by atoms with Gasteiger partial charge >= 0.3 is 0 Å². The zero-order valence-electron chi connectivity index (χ0n) is 33.7. The van der Waals surface area contributed by atoms with Crippen molar-refractivity contribution in [1.29, 1.82) is 0 Å². The summed E-state index contributed by atoms with van der Waals surface area (Å²) in [6, 6.07) is 70.4. The molecule has 9 aromatic carbocycles. The van der Waals surface area contributed by atoms with E-state index < -0.39 is 0 Å². The molecule has 0 saturated heterocycles. The Balaban J connectivity index is 0.940. The van der Waals surface area contributed by atoms with Crippen LogP contribution < -0.4 is 4.90 Å². The van der Waals surface area contributed by atoms with Gasteiger partial charge in [0, 0.05) is 28.4 Å². The lowest BCUT2D eigenvalue weighted by atomic mass is 9.82. The zero-order valence-corrected chi connectivity index (χ0v) is 33.7. The third-order valence-electron chi connectivity index (χ3n) is 13.3. The maximum absolute atomic E-state index is 2.60. The molecule has 2 atom stereocenters. The molecule has 12 rings (SSSR count). The van der Waals surface area contributed by atoms with E-state index in [9.17, 15) is 0 Å². The maximum atomic E-state index is 2.60. The second-order valence-corrected chi connectivity index (χ2v) is 16.7. The Kier molecular flexibility index (Phi) is 8.13. The lowest BCUT2D eigenvalue weighted by Crippen LogP contribution is -2.30. The summed E-state index contributed by atoms with van der Waals surface area (Å²) in [6.07, 6.45) is 8.46. The van der Waals surface area contributed by atoms with Crippen molar-refractivity contribution in [2.24, 2.45) is 0 Å². The summed E-state index contributed by atoms with van der Waals surface area (Å²) in [7, 11) is 0. The van der Waals surface area contributed by atoms with Crippen LogP contribution in [0.5, 0.6) is 0 Å². The minimum atomic E-state index is 0.139. The van der Waals surface area contributed by atoms with Crippen LogP contribution in [0, 0.1) is 0 Å². The van der Waals surface area contributed by atoms with Crippen LogP contribution in [-0.4, -0.2) is 10.6 Å². The lowest BCUT2D eigenvalue weighted by molar-refractivity contribution is 0.726. The van der Waals surface area contributed by atoms with Gasteiger partial charge in [-0.3, -0.25) is 0 Å². The van der Waals surface area contributed by atoms with Gasteiger partial charge in [0.15, 0.2) is 0 Å². The molecule has 2 nitrogen and oxygen atoms in total. The number of aryl methyl sites for hydroxylation is 1. The molecule has 0 radical (unpaired) electrons. The summed E-state index contributed by atoms with van der Waals surface area (Å²) in [5, 5.41) is 9.13. The largest absolute Gasteiger partial charge is 0.333 e. The molecule has 0 amide bonds. The molecule has 286 valence electrons. The second-order valence-electron chi connectivity index (χ2n) is 16.7. The molecule has 1 aliphatic heterocycles. The summed E-state index contributed by atoms with van der Waals surface area (Å²) in [6.45, 7) is 2.25. The predicted octanol–water partition coefficient (Wildman–Crippen LogP) is 15.4. The molecule has 1 aliphatic carbocycles. The van der Waals surface area contributed by atoms with Crippen LogP contribution in [0.1, 0.15) is 48.1 Å². The summed E-state index contributed by atoms with van der Waals surface area (Å²) >= 11 is 0. The maximum Gasteiger partial charge on any atom is 0.0637 e. The first kappa shape index (κ1) is 34.8. The topological polar surface area (TPSA) is 8.17 Å². The first-order valence-corrected chi connectivity index (χ1v) is 21.6. The van der Waals surface area contributed by atoms with E-state index in [1.165, 1.54) is 118 Å². The summed E-state index contributed by atoms with van der Waals surface area (Å²) in [5.41, 5.74) is 15.4. The third kappa shape index (κ3) is 5.41. The van der Waals surface area contributed by atoms with Gasteiger partial charge < -0.3 is 9.47 Å². The molecule has 0 bridgehead atoms. The van der Waals surface area contributed by atoms with Gasteiger partial charge in [-0.1, -0.05) is 165 Å². The molecule has 2 heteroatoms. The smallest absolute Gasteiger partial charge is 0.0637 e. The Labute approximate surface area is 351 Å². The van der Waals surface area contributed by atoms with Crippen LogP contribution in [0.25, 0.3) is 77.2 Å². The van der Waals surface area contributed by atoms with Crippen LogP contribution in [0.3, 0.4) is 0 Å². The van der Waals surface area contributed by atoms with Crippen LogP contribution in [-0.2, 0) is 6.42 Å². The van der Waals surface area contributed by atoms with Gasteiger partial charge in [0.25, 0.3) is 0 Å². The van der Waals surface area contributed by atoms with Crippen LogP contribution >= 0.6 is 0 Å². The third-order valence-corrected chi connectivity index (χ3v) is 13.3. The van der Waals surface area contributed by atoms with Crippen molar-refractivity contribution in [3.05, 3.63) is 217 Å². The number of para-hydroxylation sites is 2. The average molecular weight is 769 g/mol. The highest BCUT2D eigenvalue weighted by molar-refractivity contribution is 6.25. The highest BCUT2D eigenvalue weighted by Gasteiger charge is 2.43. The molecule has 0 fully saturated rings. The van der Waals surface area contributed by atoms with E-state index in [0.29, 0.717) is 0 Å². The fraction of sp³-hybridized carbons (Fsp3) is 0.103. The lowest BCUT2D eigenvalue weighted by Gasteiger charge is -2.31. The molecular weight excluding hydrogens is 725 g/mol. The molecule has 2 aliphatic rings. The highest BCUT2D eigenvalue weighted by atomic mass is 15.2. The van der Waals surface area contributed by atoms with E-state index in [1.807, 2.05) is 0 Å². The fourth-order valence-electron chi connectivity index (χ4n) is 10.5. The van der Waals surface area contributed by atoms with Gasteiger partial charge in [-0.05, 0) is 133 Å². The predicted molar refractivity (Wildman–Crippen MR) is 255 cm³/mol. The highest BCUT2D eigenvalue weighted by Crippen LogP contribution is 2.54. The van der Waals surface area contributed by atoms with Gasteiger partial charge in [0.1, 0.15) is 0 Å². The van der Waals surface area contributed by atoms with Crippen molar-refractivity contribution in [2.45, 2.75) is 38.1 Å². The Bertz CT molecular complexity index is 3280. The molecule has 0 spiro atoms. The Morgan fingerprint density at radius 3 is 1.75 bits per heavy atom. The second kappa shape index (κ2) is 14.0. The molecule has 2 unspecified atom stereocenters. The quantitative estimate of drug-likeness (QED) is 0.147. The number of hydrogen-bond donors (Lipinski definition) is 0. The number of anilines is 2. The van der Waals surface area contributed by atoms with Crippen molar-refractivity contribution in [3.8, 4) is 27.9 Å². The van der Waals surface area contributed by atoms with Gasteiger partial charge in [0.05, 0.1) is 17.3 Å². The van der Waals surface area contributed by atoms with Crippen LogP contribution in [0.2, 0.25) is 0 Å². The van der Waals surface area contributed by atoms with Crippen molar-refractivity contribution in [1.82, 2.24) is 4.57 Å². The number of nitrogens with zero attached hydrogens (tertiary/aromatic N) is 2. The van der Waals surface area contributed by atoms with Crippen molar-refractivity contribution < 1.29 is 0 Å². The monoisotopic (exact) mass is 768 g/mol. The summed E-state index contributed by atoms with van der Waals surface area (Å²) in [4.78, 5) is 2.60. The van der Waals surface area contributed by atoms with Crippen molar-refractivity contribution >= 4 is 60.7 Å². The number of benzene rings is 9. The molecule has 0 N–H and O–H groups in total. The SMILES string of the molecule is CCCCc1ccc(-c2cccc(-c3ccc(-n4c5c(c6ccccc64)C4c6ccccc6N(c6ccc7c8ccccc8c8ccccc8c7c6)C4C=C5)cc3)c2)cc1. The van der Waals surface area contributed by atoms with E-state index in [1.54, 1.807) is 0 Å². The molecule has 10 aromatic rings. The minimum absolute atomic E-state index is 0.139. The van der Waals surface area contributed by atoms with Crippen molar-refractivity contribution in [3.63, 3.8) is 0 Å². The first-order valence-electron chi connectivity index (χ1n) is 21.6. The zero-order chi connectivity index (χ0) is 39.7. The molecule has 60 heavy (non-hydrogen) atoms. The summed E-state index contributed by atoms with van der Waals surface area (Å²) in [5.74, 6) is 0.180. The summed E-state index contributed by atoms with van der Waals surface area (Å²) < 4.78 is 2.48. The molecule has 2 heterocycles. The Morgan fingerprint density at radius 2 is 1.05 bits per heavy atom. The van der Waals surface area contributed by atoms with E-state index in [0.717, 1.165) is 6.42 Å². The average Bonchev–Trinajstić information content (AvgIpc) is 3.84. The first-order chi connectivity index (χ1) is 29.7. The minimum Gasteiger partial charge on any atom is -0.333 e. The van der Waals surface area contributed by atoms with E-state index in [-0.39, 0.29) is 12.0 Å². The van der Waals surface area contributed by atoms with Crippen molar-refractivity contribution in [2.75, 3.05) is 4.90 Å². The Morgan fingerprint density at radius 1 is 0.467 bits per heavy atom. The molecule has 1 aromatic heterocycles. The van der Waals surface area contributed by atoms with E-state index >= 15 is 0 Å². The number of hydrogen-bond acceptors (Lipinski definition) is 1. The molecule has 0 saturated carbocycles. The Hall–Kier alpha value is -7.16. The number of fused-ring (bicyclic) bond motifs is 13. The van der Waals surface area contributed by atoms with Gasteiger partial charge in [-0.25, -0.2) is 0 Å². The standard InChI is InChI=1S/C58H44N2/c1-2-3-13-38-24-26-39(27-25-38)41-14-12-15-42(36-41)40-28-30-43(31-29-40)59-53-22-10-8-20-50(53)57-55(59)34-35-56-58(57)51-21-9-11-23-54(51)60(56)44-32-33-49-47-18-5-4-16-45(47)46-17-6-7-19-48(46)52(49)37-44/h4-12,14-37,56,58H,2-3,13H2,1H3. The van der Waals surface area contributed by atoms with Gasteiger partial charge in [-0.2, -0.15) is 0 Å². The van der Waals surface area contributed by atoms with Crippen LogP contribution in [0.4, 0.5) is 11.4 Å². The van der Waals surface area contributed by atoms with Gasteiger partial charge in [0.2, 0.25) is 0 Å². The normalized spacial score (nSPS) is 15.5. The number of aromatic nitrogens is 1.